The van der Waals surface area contributed by atoms with E-state index in [2.05, 4.69) is 11.9 Å². The molecule has 0 N–H and O–H groups in total. The van der Waals surface area contributed by atoms with Crippen molar-refractivity contribution in [3.63, 3.8) is 0 Å². The molecule has 1 fully saturated rings. The quantitative estimate of drug-likeness (QED) is 0.381. The summed E-state index contributed by atoms with van der Waals surface area (Å²) in [6, 6.07) is 12.9. The van der Waals surface area contributed by atoms with E-state index in [1.807, 2.05) is 38.1 Å². The summed E-state index contributed by atoms with van der Waals surface area (Å²) in [6.07, 6.45) is 4.11. The highest BCUT2D eigenvalue weighted by Gasteiger charge is 2.33. The number of amides is 1. The van der Waals surface area contributed by atoms with Crippen molar-refractivity contribution in [2.75, 3.05) is 6.54 Å². The monoisotopic (exact) mass is 465 g/mol. The zero-order chi connectivity index (χ0) is 22.8. The smallest absolute Gasteiger partial charge is 0.269 e. The molecule has 6 nitrogen and oxygen atoms in total. The summed E-state index contributed by atoms with van der Waals surface area (Å²) in [5, 5.41) is 0. The molecule has 1 aliphatic rings. The number of fused-ring (bicyclic) bond motifs is 1. The van der Waals surface area contributed by atoms with Crippen LogP contribution in [0.15, 0.2) is 58.4 Å². The second kappa shape index (κ2) is 9.26. The molecule has 3 heterocycles. The lowest BCUT2D eigenvalue weighted by atomic mass is 10.2. The van der Waals surface area contributed by atoms with Gasteiger partial charge in [-0.15, -0.1) is 0 Å². The molecule has 0 unspecified atom stereocenters. The van der Waals surface area contributed by atoms with Crippen LogP contribution < -0.4 is 10.3 Å². The van der Waals surface area contributed by atoms with Gasteiger partial charge < -0.3 is 4.74 Å². The van der Waals surface area contributed by atoms with Crippen LogP contribution in [0.3, 0.4) is 0 Å². The number of hydrogen-bond acceptors (Lipinski definition) is 6. The SMILES string of the molecule is CCc1ccc(Oc2nc3ccccn3c(=O)c2/C=C2/SC(=S)N(CC(C)C)C2=O)cc1. The second-order valence-corrected chi connectivity index (χ2v) is 9.53. The molecular formula is C24H23N3O3S2. The average molecular weight is 466 g/mol. The van der Waals surface area contributed by atoms with Crippen LogP contribution >= 0.6 is 24.0 Å². The highest BCUT2D eigenvalue weighted by atomic mass is 32.2. The fourth-order valence-electron chi connectivity index (χ4n) is 3.34. The Morgan fingerprint density at radius 1 is 1.16 bits per heavy atom. The Morgan fingerprint density at radius 2 is 1.91 bits per heavy atom. The van der Waals surface area contributed by atoms with Crippen molar-refractivity contribution in [2.45, 2.75) is 27.2 Å². The number of aryl methyl sites for hydroxylation is 1. The maximum absolute atomic E-state index is 13.3. The summed E-state index contributed by atoms with van der Waals surface area (Å²) < 4.78 is 7.95. The fraction of sp³-hybridized carbons (Fsp3) is 0.250. The molecule has 32 heavy (non-hydrogen) atoms. The van der Waals surface area contributed by atoms with E-state index in [0.717, 1.165) is 6.42 Å². The molecule has 0 spiro atoms. The maximum Gasteiger partial charge on any atom is 0.269 e. The summed E-state index contributed by atoms with van der Waals surface area (Å²) in [5.74, 6) is 0.787. The lowest BCUT2D eigenvalue weighted by Crippen LogP contribution is -2.31. The number of pyridine rings is 1. The highest BCUT2D eigenvalue weighted by molar-refractivity contribution is 8.26. The highest BCUT2D eigenvalue weighted by Crippen LogP contribution is 2.34. The van der Waals surface area contributed by atoms with Gasteiger partial charge >= 0.3 is 0 Å². The van der Waals surface area contributed by atoms with E-state index in [1.54, 1.807) is 35.4 Å². The molecule has 164 valence electrons. The van der Waals surface area contributed by atoms with Crippen LogP contribution in [0.25, 0.3) is 11.7 Å². The molecule has 1 aliphatic heterocycles. The average Bonchev–Trinajstić information content (AvgIpc) is 3.04. The normalized spacial score (nSPS) is 15.4. The predicted molar refractivity (Wildman–Crippen MR) is 132 cm³/mol. The molecule has 0 atom stereocenters. The minimum Gasteiger partial charge on any atom is -0.438 e. The molecule has 0 radical (unpaired) electrons. The third-order valence-corrected chi connectivity index (χ3v) is 6.35. The molecule has 0 saturated carbocycles. The van der Waals surface area contributed by atoms with Gasteiger partial charge in [-0.25, -0.2) is 0 Å². The maximum atomic E-state index is 13.3. The van der Waals surface area contributed by atoms with Gasteiger partial charge in [-0.05, 0) is 48.2 Å². The number of ether oxygens (including phenoxy) is 1. The summed E-state index contributed by atoms with van der Waals surface area (Å²) in [4.78, 5) is 32.8. The largest absolute Gasteiger partial charge is 0.438 e. The van der Waals surface area contributed by atoms with Crippen LogP contribution in [0.2, 0.25) is 0 Å². The van der Waals surface area contributed by atoms with E-state index in [0.29, 0.717) is 27.2 Å². The lowest BCUT2D eigenvalue weighted by molar-refractivity contribution is -0.122. The van der Waals surface area contributed by atoms with Crippen LogP contribution in [-0.2, 0) is 11.2 Å². The van der Waals surface area contributed by atoms with Crippen molar-refractivity contribution in [3.05, 3.63) is 75.0 Å². The standard InChI is InChI=1S/C24H23N3O3S2/c1-4-16-8-10-17(11-9-16)30-21-18(22(28)26-12-6-5-7-20(26)25-21)13-19-23(29)27(14-15(2)3)24(31)32-19/h5-13,15H,4,14H2,1-3H3/b19-13+. The van der Waals surface area contributed by atoms with Gasteiger partial charge in [0.1, 0.15) is 21.3 Å². The fourth-order valence-corrected chi connectivity index (χ4v) is 4.60. The molecule has 8 heteroatoms. The van der Waals surface area contributed by atoms with E-state index < -0.39 is 0 Å². The van der Waals surface area contributed by atoms with Gasteiger partial charge in [-0.3, -0.25) is 18.9 Å². The number of nitrogens with zero attached hydrogens (tertiary/aromatic N) is 3. The van der Waals surface area contributed by atoms with Gasteiger partial charge in [-0.2, -0.15) is 4.98 Å². The first-order valence-electron chi connectivity index (χ1n) is 10.4. The summed E-state index contributed by atoms with van der Waals surface area (Å²) >= 11 is 6.59. The summed E-state index contributed by atoms with van der Waals surface area (Å²) in [6.45, 7) is 6.66. The third kappa shape index (κ3) is 4.47. The molecular weight excluding hydrogens is 442 g/mol. The van der Waals surface area contributed by atoms with Crippen LogP contribution in [0.1, 0.15) is 31.9 Å². The number of thioether (sulfide) groups is 1. The Hall–Kier alpha value is -2.97. The summed E-state index contributed by atoms with van der Waals surface area (Å²) in [5.41, 5.74) is 1.53. The van der Waals surface area contributed by atoms with E-state index in [4.69, 9.17) is 17.0 Å². The minimum atomic E-state index is -0.315. The van der Waals surface area contributed by atoms with Crippen LogP contribution in [0.5, 0.6) is 11.6 Å². The van der Waals surface area contributed by atoms with E-state index >= 15 is 0 Å². The molecule has 3 aromatic rings. The van der Waals surface area contributed by atoms with Crippen molar-refractivity contribution < 1.29 is 9.53 Å². The first kappa shape index (κ1) is 22.2. The zero-order valence-corrected chi connectivity index (χ0v) is 19.7. The Labute approximate surface area is 195 Å². The number of carbonyl (C=O) groups excluding carboxylic acids is 1. The number of hydrogen-bond donors (Lipinski definition) is 0. The summed E-state index contributed by atoms with van der Waals surface area (Å²) in [7, 11) is 0. The zero-order valence-electron chi connectivity index (χ0n) is 18.1. The molecule has 1 saturated heterocycles. The van der Waals surface area contributed by atoms with Gasteiger partial charge in [-0.1, -0.05) is 63.0 Å². The molecule has 0 bridgehead atoms. The molecule has 4 rings (SSSR count). The topological polar surface area (TPSA) is 63.9 Å². The third-order valence-electron chi connectivity index (χ3n) is 4.98. The van der Waals surface area contributed by atoms with Gasteiger partial charge in [0, 0.05) is 12.7 Å². The van der Waals surface area contributed by atoms with E-state index in [1.165, 1.54) is 21.7 Å². The predicted octanol–water partition coefficient (Wildman–Crippen LogP) is 4.91. The van der Waals surface area contributed by atoms with Gasteiger partial charge in [0.25, 0.3) is 11.5 Å². The minimum absolute atomic E-state index is 0.152. The van der Waals surface area contributed by atoms with Crippen molar-refractivity contribution >= 4 is 45.9 Å². The number of carbonyl (C=O) groups is 1. The van der Waals surface area contributed by atoms with Crippen molar-refractivity contribution in [2.24, 2.45) is 5.92 Å². The molecule has 1 amide bonds. The van der Waals surface area contributed by atoms with E-state index in [-0.39, 0.29) is 28.8 Å². The van der Waals surface area contributed by atoms with Crippen molar-refractivity contribution in [1.29, 1.82) is 0 Å². The number of benzene rings is 1. The van der Waals surface area contributed by atoms with Crippen LogP contribution in [0.4, 0.5) is 0 Å². The van der Waals surface area contributed by atoms with Gasteiger partial charge in [0.2, 0.25) is 5.88 Å². The second-order valence-electron chi connectivity index (χ2n) is 7.85. The van der Waals surface area contributed by atoms with Gasteiger partial charge in [0.15, 0.2) is 0 Å². The number of thiocarbonyl (C=S) groups is 1. The molecule has 1 aromatic carbocycles. The first-order chi connectivity index (χ1) is 15.4. The number of aromatic nitrogens is 2. The van der Waals surface area contributed by atoms with Crippen LogP contribution in [0, 0.1) is 5.92 Å². The molecule has 0 aliphatic carbocycles. The lowest BCUT2D eigenvalue weighted by Gasteiger charge is -2.16. The molecule has 2 aromatic heterocycles. The van der Waals surface area contributed by atoms with Crippen LogP contribution in [-0.4, -0.2) is 31.1 Å². The van der Waals surface area contributed by atoms with Gasteiger partial charge in [0.05, 0.1) is 4.91 Å². The Kier molecular flexibility index (Phi) is 6.43. The Bertz CT molecular complexity index is 1280. The Balaban J connectivity index is 1.80. The van der Waals surface area contributed by atoms with E-state index in [9.17, 15) is 9.59 Å². The van der Waals surface area contributed by atoms with Crippen molar-refractivity contribution in [1.82, 2.24) is 14.3 Å². The number of rotatable bonds is 6. The van der Waals surface area contributed by atoms with Crippen molar-refractivity contribution in [3.8, 4) is 11.6 Å². The Morgan fingerprint density at radius 3 is 2.59 bits per heavy atom. The first-order valence-corrected chi connectivity index (χ1v) is 11.6.